The minimum Gasteiger partial charge on any atom is -0.324 e. The molecular formula is C25H25N5O. The molecule has 4 aromatic rings. The molecule has 156 valence electrons. The third-order valence-electron chi connectivity index (χ3n) is 5.93. The van der Waals surface area contributed by atoms with Crippen LogP contribution >= 0.6 is 0 Å². The van der Waals surface area contributed by atoms with Gasteiger partial charge in [0.25, 0.3) is 0 Å². The largest absolute Gasteiger partial charge is 0.329 e. The SMILES string of the molecule is Cc1ccc2c(c1)nnn2C1CCN(C(=O)N(c2ccccc2)c2ccccc2)CC1. The second-order valence-electron chi connectivity index (χ2n) is 8.03. The average Bonchev–Trinajstić information content (AvgIpc) is 3.24. The molecule has 1 saturated heterocycles. The lowest BCUT2D eigenvalue weighted by atomic mass is 10.0. The average molecular weight is 412 g/mol. The molecule has 0 radical (unpaired) electrons. The standard InChI is InChI=1S/C25H25N5O/c1-19-12-13-24-23(18-19)26-27-30(24)22-14-16-28(17-15-22)25(31)29(20-8-4-2-5-9-20)21-10-6-3-7-11-21/h2-13,18,22H,14-17H2,1H3. The Kier molecular flexibility index (Phi) is 5.12. The zero-order valence-electron chi connectivity index (χ0n) is 17.6. The van der Waals surface area contributed by atoms with Gasteiger partial charge in [-0.3, -0.25) is 4.90 Å². The van der Waals surface area contributed by atoms with Crippen LogP contribution in [-0.4, -0.2) is 39.0 Å². The number of benzene rings is 3. The van der Waals surface area contributed by atoms with Crippen molar-refractivity contribution in [3.63, 3.8) is 0 Å². The Bertz CT molecular complexity index is 1140. The molecule has 0 atom stereocenters. The molecular weight excluding hydrogens is 386 g/mol. The molecule has 0 spiro atoms. The predicted octanol–water partition coefficient (Wildman–Crippen LogP) is 5.33. The van der Waals surface area contributed by atoms with Gasteiger partial charge in [-0.2, -0.15) is 0 Å². The first kappa shape index (κ1) is 19.3. The molecule has 3 aromatic carbocycles. The fraction of sp³-hybridized carbons (Fsp3) is 0.240. The Hall–Kier alpha value is -3.67. The van der Waals surface area contributed by atoms with E-state index in [0.717, 1.165) is 35.2 Å². The third kappa shape index (κ3) is 3.77. The zero-order chi connectivity index (χ0) is 21.2. The molecule has 0 N–H and O–H groups in total. The van der Waals surface area contributed by atoms with Crippen LogP contribution in [0.4, 0.5) is 16.2 Å². The van der Waals surface area contributed by atoms with Crippen molar-refractivity contribution in [3.05, 3.63) is 84.4 Å². The number of hydrogen-bond acceptors (Lipinski definition) is 3. The summed E-state index contributed by atoms with van der Waals surface area (Å²) in [6.07, 6.45) is 1.71. The number of piperidine rings is 1. The molecule has 31 heavy (non-hydrogen) atoms. The van der Waals surface area contributed by atoms with Gasteiger partial charge in [0.1, 0.15) is 5.52 Å². The van der Waals surface area contributed by atoms with Crippen molar-refractivity contribution in [2.45, 2.75) is 25.8 Å². The third-order valence-corrected chi connectivity index (χ3v) is 5.93. The highest BCUT2D eigenvalue weighted by Gasteiger charge is 2.29. The summed E-state index contributed by atoms with van der Waals surface area (Å²) in [6, 6.07) is 26.2. The van der Waals surface area contributed by atoms with Crippen molar-refractivity contribution in [2.75, 3.05) is 18.0 Å². The Morgan fingerprint density at radius 3 is 2.13 bits per heavy atom. The number of nitrogens with zero attached hydrogens (tertiary/aromatic N) is 5. The van der Waals surface area contributed by atoms with Gasteiger partial charge in [0.05, 0.1) is 22.9 Å². The van der Waals surface area contributed by atoms with E-state index in [0.29, 0.717) is 13.1 Å². The van der Waals surface area contributed by atoms with Crippen LogP contribution in [0.3, 0.4) is 0 Å². The van der Waals surface area contributed by atoms with Gasteiger partial charge in [-0.1, -0.05) is 47.7 Å². The van der Waals surface area contributed by atoms with Crippen LogP contribution in [0.1, 0.15) is 24.4 Å². The van der Waals surface area contributed by atoms with Crippen molar-refractivity contribution < 1.29 is 4.79 Å². The summed E-state index contributed by atoms with van der Waals surface area (Å²) in [6.45, 7) is 3.44. The maximum absolute atomic E-state index is 13.6. The van der Waals surface area contributed by atoms with E-state index in [-0.39, 0.29) is 12.1 Å². The van der Waals surface area contributed by atoms with Crippen molar-refractivity contribution >= 4 is 28.4 Å². The van der Waals surface area contributed by atoms with E-state index in [9.17, 15) is 4.79 Å². The molecule has 6 nitrogen and oxygen atoms in total. The molecule has 1 aliphatic heterocycles. The van der Waals surface area contributed by atoms with Crippen LogP contribution in [0.25, 0.3) is 11.0 Å². The Balaban J connectivity index is 1.35. The second-order valence-corrected chi connectivity index (χ2v) is 8.03. The minimum absolute atomic E-state index is 0.00919. The van der Waals surface area contributed by atoms with E-state index in [4.69, 9.17) is 0 Å². The Morgan fingerprint density at radius 2 is 1.52 bits per heavy atom. The van der Waals surface area contributed by atoms with Crippen molar-refractivity contribution in [2.24, 2.45) is 0 Å². The van der Waals surface area contributed by atoms with Gasteiger partial charge in [0.15, 0.2) is 0 Å². The molecule has 1 aromatic heterocycles. The first-order valence-electron chi connectivity index (χ1n) is 10.7. The van der Waals surface area contributed by atoms with Crippen LogP contribution in [0.15, 0.2) is 78.9 Å². The number of urea groups is 1. The lowest BCUT2D eigenvalue weighted by Crippen LogP contribution is -2.45. The normalized spacial score (nSPS) is 14.7. The van der Waals surface area contributed by atoms with Crippen molar-refractivity contribution in [1.82, 2.24) is 19.9 Å². The number of hydrogen-bond donors (Lipinski definition) is 0. The van der Waals surface area contributed by atoms with E-state index in [1.165, 1.54) is 5.56 Å². The summed E-state index contributed by atoms with van der Waals surface area (Å²) < 4.78 is 2.03. The van der Waals surface area contributed by atoms with Crippen LogP contribution in [0, 0.1) is 6.92 Å². The lowest BCUT2D eigenvalue weighted by molar-refractivity contribution is 0.177. The molecule has 2 heterocycles. The number of rotatable bonds is 3. The number of aromatic nitrogens is 3. The van der Waals surface area contributed by atoms with Crippen LogP contribution in [-0.2, 0) is 0 Å². The molecule has 0 bridgehead atoms. The minimum atomic E-state index is 0.00919. The molecule has 2 amide bonds. The van der Waals surface area contributed by atoms with Gasteiger partial charge in [0, 0.05) is 13.1 Å². The van der Waals surface area contributed by atoms with Crippen LogP contribution in [0.2, 0.25) is 0 Å². The highest BCUT2D eigenvalue weighted by Crippen LogP contribution is 2.30. The fourth-order valence-corrected chi connectivity index (χ4v) is 4.29. The maximum Gasteiger partial charge on any atom is 0.329 e. The molecule has 1 fully saturated rings. The topological polar surface area (TPSA) is 54.3 Å². The van der Waals surface area contributed by atoms with E-state index in [2.05, 4.69) is 35.4 Å². The van der Waals surface area contributed by atoms with Crippen molar-refractivity contribution in [3.8, 4) is 0 Å². The number of carbonyl (C=O) groups is 1. The maximum atomic E-state index is 13.6. The summed E-state index contributed by atoms with van der Waals surface area (Å²) >= 11 is 0. The number of likely N-dealkylation sites (tertiary alicyclic amines) is 1. The van der Waals surface area contributed by atoms with E-state index >= 15 is 0 Å². The zero-order valence-corrected chi connectivity index (χ0v) is 17.6. The summed E-state index contributed by atoms with van der Waals surface area (Å²) in [5.74, 6) is 0. The summed E-state index contributed by atoms with van der Waals surface area (Å²) in [7, 11) is 0. The fourth-order valence-electron chi connectivity index (χ4n) is 4.29. The smallest absolute Gasteiger partial charge is 0.324 e. The van der Waals surface area contributed by atoms with Gasteiger partial charge >= 0.3 is 6.03 Å². The monoisotopic (exact) mass is 411 g/mol. The van der Waals surface area contributed by atoms with Gasteiger partial charge < -0.3 is 4.90 Å². The number of amides is 2. The molecule has 0 aliphatic carbocycles. The van der Waals surface area contributed by atoms with Crippen LogP contribution in [0.5, 0.6) is 0 Å². The summed E-state index contributed by atoms with van der Waals surface area (Å²) in [4.78, 5) is 17.3. The molecule has 6 heteroatoms. The Labute approximate surface area is 181 Å². The van der Waals surface area contributed by atoms with E-state index in [1.807, 2.05) is 70.2 Å². The number of carbonyl (C=O) groups excluding carboxylic acids is 1. The van der Waals surface area contributed by atoms with Crippen molar-refractivity contribution in [1.29, 1.82) is 0 Å². The predicted molar refractivity (Wildman–Crippen MR) is 123 cm³/mol. The second kappa shape index (κ2) is 8.22. The van der Waals surface area contributed by atoms with Gasteiger partial charge in [-0.05, 0) is 61.7 Å². The van der Waals surface area contributed by atoms with Gasteiger partial charge in [-0.25, -0.2) is 9.48 Å². The number of para-hydroxylation sites is 2. The highest BCUT2D eigenvalue weighted by molar-refractivity contribution is 5.99. The first-order valence-corrected chi connectivity index (χ1v) is 10.7. The quantitative estimate of drug-likeness (QED) is 0.458. The number of anilines is 2. The van der Waals surface area contributed by atoms with E-state index < -0.39 is 0 Å². The molecule has 0 saturated carbocycles. The van der Waals surface area contributed by atoms with Gasteiger partial charge in [-0.15, -0.1) is 5.10 Å². The van der Waals surface area contributed by atoms with Crippen LogP contribution < -0.4 is 4.90 Å². The first-order chi connectivity index (χ1) is 15.2. The number of aryl methyl sites for hydroxylation is 1. The summed E-state index contributed by atoms with van der Waals surface area (Å²) in [5.41, 5.74) is 4.92. The summed E-state index contributed by atoms with van der Waals surface area (Å²) in [5, 5.41) is 8.75. The van der Waals surface area contributed by atoms with Gasteiger partial charge in [0.2, 0.25) is 0 Å². The number of fused-ring (bicyclic) bond motifs is 1. The molecule has 0 unspecified atom stereocenters. The highest BCUT2D eigenvalue weighted by atomic mass is 16.2. The lowest BCUT2D eigenvalue weighted by Gasteiger charge is -2.36. The molecule has 1 aliphatic rings. The molecule has 5 rings (SSSR count). The van der Waals surface area contributed by atoms with E-state index in [1.54, 1.807) is 4.90 Å². The Morgan fingerprint density at radius 1 is 0.903 bits per heavy atom.